The number of likely N-dealkylation sites (N-methyl/N-ethyl adjacent to an activating group) is 1. The Morgan fingerprint density at radius 3 is 2.40 bits per heavy atom. The fourth-order valence-electron chi connectivity index (χ4n) is 2.37. The molecule has 0 aromatic heterocycles. The van der Waals surface area contributed by atoms with Crippen LogP contribution in [0.25, 0.3) is 0 Å². The van der Waals surface area contributed by atoms with Gasteiger partial charge in [-0.25, -0.2) is 0 Å². The molecule has 20 heavy (non-hydrogen) atoms. The minimum absolute atomic E-state index is 0.233. The lowest BCUT2D eigenvalue weighted by atomic mass is 10.0. The summed E-state index contributed by atoms with van der Waals surface area (Å²) in [4.78, 5) is 1.49. The van der Waals surface area contributed by atoms with Crippen molar-refractivity contribution >= 4 is 0 Å². The second-order valence-corrected chi connectivity index (χ2v) is 5.29. The van der Waals surface area contributed by atoms with Crippen LogP contribution in [0.3, 0.4) is 0 Å². The van der Waals surface area contributed by atoms with Crippen LogP contribution in [0.15, 0.2) is 30.3 Å². The summed E-state index contributed by atoms with van der Waals surface area (Å²) in [6, 6.07) is 9.70. The number of hydrogen-bond acceptors (Lipinski definition) is 2. The van der Waals surface area contributed by atoms with Crippen LogP contribution in [0, 0.1) is 0 Å². The van der Waals surface area contributed by atoms with Crippen LogP contribution in [0.1, 0.15) is 31.4 Å². The largest absolute Gasteiger partial charge is 0.401 e. The SMILES string of the molecule is CCN(CC(F)(F)F)C(CNC1CC1)c1ccccc1. The maximum absolute atomic E-state index is 12.7. The molecule has 1 atom stereocenters. The van der Waals surface area contributed by atoms with Crippen LogP contribution in [0.4, 0.5) is 13.2 Å². The molecule has 1 aromatic rings. The Morgan fingerprint density at radius 1 is 1.25 bits per heavy atom. The number of halogens is 3. The van der Waals surface area contributed by atoms with Gasteiger partial charge in [0.15, 0.2) is 0 Å². The van der Waals surface area contributed by atoms with Crippen molar-refractivity contribution in [1.29, 1.82) is 0 Å². The van der Waals surface area contributed by atoms with E-state index < -0.39 is 12.7 Å². The summed E-state index contributed by atoms with van der Waals surface area (Å²) in [6.07, 6.45) is -1.90. The average Bonchev–Trinajstić information content (AvgIpc) is 3.21. The summed E-state index contributed by atoms with van der Waals surface area (Å²) in [5.41, 5.74) is 0.937. The highest BCUT2D eigenvalue weighted by atomic mass is 19.4. The Bertz CT molecular complexity index is 401. The number of benzene rings is 1. The van der Waals surface area contributed by atoms with Crippen LogP contribution in [-0.2, 0) is 0 Å². The molecule has 1 saturated carbocycles. The molecule has 112 valence electrons. The van der Waals surface area contributed by atoms with Crippen molar-refractivity contribution in [3.8, 4) is 0 Å². The van der Waals surface area contributed by atoms with Crippen LogP contribution < -0.4 is 5.32 Å². The minimum Gasteiger partial charge on any atom is -0.312 e. The van der Waals surface area contributed by atoms with Crippen LogP contribution in [-0.4, -0.2) is 36.8 Å². The Morgan fingerprint density at radius 2 is 1.90 bits per heavy atom. The van der Waals surface area contributed by atoms with Crippen molar-refractivity contribution in [2.24, 2.45) is 0 Å². The molecule has 1 aliphatic carbocycles. The van der Waals surface area contributed by atoms with Crippen molar-refractivity contribution in [2.75, 3.05) is 19.6 Å². The van der Waals surface area contributed by atoms with Crippen molar-refractivity contribution in [2.45, 2.75) is 38.0 Å². The molecule has 0 spiro atoms. The Hall–Kier alpha value is -1.07. The summed E-state index contributed by atoms with van der Waals surface area (Å²) in [5.74, 6) is 0. The highest BCUT2D eigenvalue weighted by Crippen LogP contribution is 2.27. The summed E-state index contributed by atoms with van der Waals surface area (Å²) < 4.78 is 38.2. The second kappa shape index (κ2) is 6.59. The number of nitrogens with one attached hydrogen (secondary N) is 1. The molecule has 5 heteroatoms. The van der Waals surface area contributed by atoms with Gasteiger partial charge in [0.05, 0.1) is 6.54 Å². The molecule has 2 nitrogen and oxygen atoms in total. The third-order valence-corrected chi connectivity index (χ3v) is 3.59. The molecule has 0 bridgehead atoms. The summed E-state index contributed by atoms with van der Waals surface area (Å²) >= 11 is 0. The predicted octanol–water partition coefficient (Wildman–Crippen LogP) is 3.36. The highest BCUT2D eigenvalue weighted by molar-refractivity contribution is 5.19. The van der Waals surface area contributed by atoms with Gasteiger partial charge < -0.3 is 5.32 Å². The first-order chi connectivity index (χ1) is 9.49. The summed E-state index contributed by atoms with van der Waals surface area (Å²) in [6.45, 7) is 1.86. The van der Waals surface area contributed by atoms with Gasteiger partial charge in [-0.2, -0.15) is 13.2 Å². The first kappa shape index (κ1) is 15.3. The molecule has 1 N–H and O–H groups in total. The zero-order valence-electron chi connectivity index (χ0n) is 11.7. The number of nitrogens with zero attached hydrogens (tertiary/aromatic N) is 1. The van der Waals surface area contributed by atoms with Gasteiger partial charge in [-0.1, -0.05) is 37.3 Å². The third-order valence-electron chi connectivity index (χ3n) is 3.59. The Kier molecular flexibility index (Phi) is 5.05. The fourth-order valence-corrected chi connectivity index (χ4v) is 2.37. The standard InChI is InChI=1S/C15H21F3N2/c1-2-20(11-15(16,17)18)14(10-19-13-8-9-13)12-6-4-3-5-7-12/h3-7,13-14,19H,2,8-11H2,1H3. The fraction of sp³-hybridized carbons (Fsp3) is 0.600. The van der Waals surface area contributed by atoms with Crippen molar-refractivity contribution in [3.63, 3.8) is 0 Å². The van der Waals surface area contributed by atoms with Gasteiger partial charge in [0, 0.05) is 18.6 Å². The molecule has 0 amide bonds. The monoisotopic (exact) mass is 286 g/mol. The van der Waals surface area contributed by atoms with Crippen molar-refractivity contribution in [1.82, 2.24) is 10.2 Å². The Labute approximate surface area is 118 Å². The number of hydrogen-bond donors (Lipinski definition) is 1. The van der Waals surface area contributed by atoms with E-state index >= 15 is 0 Å². The van der Waals surface area contributed by atoms with E-state index in [2.05, 4.69) is 5.32 Å². The van der Waals surface area contributed by atoms with Crippen LogP contribution in [0.5, 0.6) is 0 Å². The van der Waals surface area contributed by atoms with E-state index in [9.17, 15) is 13.2 Å². The maximum Gasteiger partial charge on any atom is 0.401 e. The molecule has 1 aromatic carbocycles. The van der Waals surface area contributed by atoms with Gasteiger partial charge >= 0.3 is 6.18 Å². The van der Waals surface area contributed by atoms with E-state index in [1.165, 1.54) is 4.90 Å². The normalized spacial score (nSPS) is 17.4. The second-order valence-electron chi connectivity index (χ2n) is 5.29. The zero-order valence-corrected chi connectivity index (χ0v) is 11.7. The summed E-state index contributed by atoms with van der Waals surface area (Å²) in [7, 11) is 0. The molecule has 1 fully saturated rings. The molecule has 0 radical (unpaired) electrons. The van der Waals surface area contributed by atoms with Gasteiger partial charge in [0.25, 0.3) is 0 Å². The summed E-state index contributed by atoms with van der Waals surface area (Å²) in [5, 5.41) is 3.35. The molecule has 2 rings (SSSR count). The van der Waals surface area contributed by atoms with E-state index in [-0.39, 0.29) is 6.04 Å². The van der Waals surface area contributed by atoms with E-state index in [0.29, 0.717) is 19.1 Å². The topological polar surface area (TPSA) is 15.3 Å². The first-order valence-electron chi connectivity index (χ1n) is 7.08. The van der Waals surface area contributed by atoms with E-state index in [4.69, 9.17) is 0 Å². The third kappa shape index (κ3) is 4.80. The maximum atomic E-state index is 12.7. The van der Waals surface area contributed by atoms with Gasteiger partial charge in [-0.3, -0.25) is 4.90 Å². The van der Waals surface area contributed by atoms with E-state index in [1.54, 1.807) is 6.92 Å². The zero-order chi connectivity index (χ0) is 14.6. The molecule has 0 saturated heterocycles. The number of alkyl halides is 3. The molecular weight excluding hydrogens is 265 g/mol. The average molecular weight is 286 g/mol. The van der Waals surface area contributed by atoms with Crippen molar-refractivity contribution < 1.29 is 13.2 Å². The van der Waals surface area contributed by atoms with Gasteiger partial charge in [-0.15, -0.1) is 0 Å². The molecular formula is C15H21F3N2. The van der Waals surface area contributed by atoms with Gasteiger partial charge in [-0.05, 0) is 24.9 Å². The highest BCUT2D eigenvalue weighted by Gasteiger charge is 2.34. The smallest absolute Gasteiger partial charge is 0.312 e. The lowest BCUT2D eigenvalue weighted by molar-refractivity contribution is -0.150. The number of rotatable bonds is 7. The van der Waals surface area contributed by atoms with Crippen molar-refractivity contribution in [3.05, 3.63) is 35.9 Å². The molecule has 1 unspecified atom stereocenters. The lowest BCUT2D eigenvalue weighted by Crippen LogP contribution is -2.41. The van der Waals surface area contributed by atoms with Gasteiger partial charge in [0.2, 0.25) is 0 Å². The molecule has 0 heterocycles. The quantitative estimate of drug-likeness (QED) is 0.827. The van der Waals surface area contributed by atoms with E-state index in [1.807, 2.05) is 30.3 Å². The van der Waals surface area contributed by atoms with Crippen LogP contribution in [0.2, 0.25) is 0 Å². The predicted molar refractivity (Wildman–Crippen MR) is 73.5 cm³/mol. The Balaban J connectivity index is 2.10. The van der Waals surface area contributed by atoms with E-state index in [0.717, 1.165) is 18.4 Å². The van der Waals surface area contributed by atoms with Gasteiger partial charge in [0.1, 0.15) is 0 Å². The lowest BCUT2D eigenvalue weighted by Gasteiger charge is -2.32. The first-order valence-corrected chi connectivity index (χ1v) is 7.08. The minimum atomic E-state index is -4.16. The van der Waals surface area contributed by atoms with Crippen LogP contribution >= 0.6 is 0 Å². The molecule has 1 aliphatic rings. The molecule has 0 aliphatic heterocycles.